The van der Waals surface area contributed by atoms with Crippen molar-refractivity contribution in [3.8, 4) is 0 Å². The zero-order chi connectivity index (χ0) is 13.9. The Morgan fingerprint density at radius 3 is 2.80 bits per heavy atom. The van der Waals surface area contributed by atoms with E-state index in [1.165, 1.54) is 44.9 Å². The Labute approximate surface area is 122 Å². The molecule has 0 radical (unpaired) electrons. The van der Waals surface area contributed by atoms with Crippen molar-refractivity contribution in [1.82, 2.24) is 20.1 Å². The number of hydrogen-bond donors (Lipinski definition) is 1. The third-order valence-electron chi connectivity index (χ3n) is 5.09. The van der Waals surface area contributed by atoms with Gasteiger partial charge in [0.2, 0.25) is 0 Å². The van der Waals surface area contributed by atoms with E-state index in [0.717, 1.165) is 24.2 Å². The molecule has 0 saturated heterocycles. The first kappa shape index (κ1) is 14.1. The number of nitrogens with one attached hydrogen (secondary N) is 1. The lowest BCUT2D eigenvalue weighted by molar-refractivity contribution is 0.337. The van der Waals surface area contributed by atoms with Crippen LogP contribution in [0.1, 0.15) is 70.7 Å². The highest BCUT2D eigenvalue weighted by atomic mass is 15.3. The largest absolute Gasteiger partial charge is 0.313 e. The van der Waals surface area contributed by atoms with Crippen LogP contribution >= 0.6 is 0 Å². The maximum atomic E-state index is 4.28. The molecular formula is C16H28N4. The summed E-state index contributed by atoms with van der Waals surface area (Å²) in [5, 5.41) is 12.1. The molecular weight excluding hydrogens is 248 g/mol. The summed E-state index contributed by atoms with van der Waals surface area (Å²) < 4.78 is 2.26. The van der Waals surface area contributed by atoms with Gasteiger partial charge in [0.1, 0.15) is 12.2 Å². The number of nitrogens with zero attached hydrogens (tertiary/aromatic N) is 3. The van der Waals surface area contributed by atoms with Crippen LogP contribution in [0.25, 0.3) is 0 Å². The third kappa shape index (κ3) is 3.40. The van der Waals surface area contributed by atoms with Crippen molar-refractivity contribution in [2.75, 3.05) is 0 Å². The van der Waals surface area contributed by atoms with Crippen LogP contribution in [-0.2, 0) is 6.54 Å². The molecule has 2 saturated carbocycles. The van der Waals surface area contributed by atoms with Crippen molar-refractivity contribution >= 4 is 0 Å². The van der Waals surface area contributed by atoms with E-state index in [4.69, 9.17) is 0 Å². The molecule has 0 amide bonds. The molecule has 1 aromatic rings. The van der Waals surface area contributed by atoms with Gasteiger partial charge in [-0.05, 0) is 43.9 Å². The van der Waals surface area contributed by atoms with Crippen LogP contribution in [0.15, 0.2) is 6.33 Å². The molecule has 1 N–H and O–H groups in total. The zero-order valence-electron chi connectivity index (χ0n) is 12.9. The summed E-state index contributed by atoms with van der Waals surface area (Å²) in [6.07, 6.45) is 11.3. The maximum absolute atomic E-state index is 4.28. The second-order valence-electron chi connectivity index (χ2n) is 6.98. The van der Waals surface area contributed by atoms with Crippen LogP contribution in [0.4, 0.5) is 0 Å². The molecule has 0 bridgehead atoms. The summed E-state index contributed by atoms with van der Waals surface area (Å²) in [4.78, 5) is 0. The first-order chi connectivity index (χ1) is 9.74. The van der Waals surface area contributed by atoms with Crippen LogP contribution in [0.2, 0.25) is 0 Å². The van der Waals surface area contributed by atoms with Crippen molar-refractivity contribution in [2.24, 2.45) is 11.8 Å². The zero-order valence-corrected chi connectivity index (χ0v) is 12.9. The van der Waals surface area contributed by atoms with Crippen molar-refractivity contribution in [2.45, 2.75) is 77.4 Å². The highest BCUT2D eigenvalue weighted by Gasteiger charge is 2.26. The van der Waals surface area contributed by atoms with Gasteiger partial charge in [0.15, 0.2) is 0 Å². The van der Waals surface area contributed by atoms with Crippen molar-refractivity contribution < 1.29 is 0 Å². The van der Waals surface area contributed by atoms with E-state index >= 15 is 0 Å². The Kier molecular flexibility index (Phi) is 4.39. The van der Waals surface area contributed by atoms with Gasteiger partial charge < -0.3 is 9.88 Å². The monoisotopic (exact) mass is 276 g/mol. The average molecular weight is 276 g/mol. The van der Waals surface area contributed by atoms with Gasteiger partial charge in [-0.2, -0.15) is 0 Å². The number of rotatable bonds is 5. The van der Waals surface area contributed by atoms with Crippen LogP contribution < -0.4 is 5.32 Å². The van der Waals surface area contributed by atoms with E-state index < -0.39 is 0 Å². The SMILES string of the molecule is CC(C)[C@H]1CCC[C@@H](NCc2nncn2C2CC2)CC1. The molecule has 0 spiro atoms. The van der Waals surface area contributed by atoms with Crippen LogP contribution in [-0.4, -0.2) is 20.8 Å². The molecule has 2 aliphatic carbocycles. The topological polar surface area (TPSA) is 42.7 Å². The van der Waals surface area contributed by atoms with Gasteiger partial charge in [0, 0.05) is 12.1 Å². The molecule has 2 aliphatic rings. The summed E-state index contributed by atoms with van der Waals surface area (Å²) >= 11 is 0. The number of hydrogen-bond acceptors (Lipinski definition) is 3. The Morgan fingerprint density at radius 2 is 2.05 bits per heavy atom. The minimum absolute atomic E-state index is 0.670. The number of aromatic nitrogens is 3. The molecule has 1 heterocycles. The third-order valence-corrected chi connectivity index (χ3v) is 5.09. The molecule has 4 nitrogen and oxygen atoms in total. The highest BCUT2D eigenvalue weighted by molar-refractivity contribution is 4.95. The fraction of sp³-hybridized carbons (Fsp3) is 0.875. The van der Waals surface area contributed by atoms with Gasteiger partial charge in [0.25, 0.3) is 0 Å². The molecule has 112 valence electrons. The van der Waals surface area contributed by atoms with E-state index in [-0.39, 0.29) is 0 Å². The molecule has 20 heavy (non-hydrogen) atoms. The lowest BCUT2D eigenvalue weighted by Gasteiger charge is -2.19. The predicted octanol–water partition coefficient (Wildman–Crippen LogP) is 3.31. The Morgan fingerprint density at radius 1 is 1.20 bits per heavy atom. The standard InChI is InChI=1S/C16H28N4/c1-12(2)13-4-3-5-14(7-6-13)17-10-16-19-18-11-20(16)15-8-9-15/h11-15,17H,3-10H2,1-2H3/t13-,14+/m0/s1. The van der Waals surface area contributed by atoms with E-state index in [1.54, 1.807) is 0 Å². The second kappa shape index (κ2) is 6.25. The molecule has 2 atom stereocenters. The lowest BCUT2D eigenvalue weighted by Crippen LogP contribution is -2.29. The average Bonchev–Trinajstić information content (AvgIpc) is 3.21. The van der Waals surface area contributed by atoms with Gasteiger partial charge in [-0.15, -0.1) is 10.2 Å². The normalized spacial score (nSPS) is 27.8. The smallest absolute Gasteiger partial charge is 0.147 e. The first-order valence-electron chi connectivity index (χ1n) is 8.36. The van der Waals surface area contributed by atoms with Crippen LogP contribution in [0.5, 0.6) is 0 Å². The van der Waals surface area contributed by atoms with Crippen molar-refractivity contribution in [1.29, 1.82) is 0 Å². The van der Waals surface area contributed by atoms with E-state index in [1.807, 2.05) is 6.33 Å². The molecule has 0 unspecified atom stereocenters. The lowest BCUT2D eigenvalue weighted by atomic mass is 9.89. The molecule has 0 aliphatic heterocycles. The van der Waals surface area contributed by atoms with Crippen LogP contribution in [0, 0.1) is 11.8 Å². The second-order valence-corrected chi connectivity index (χ2v) is 6.98. The Bertz CT molecular complexity index is 422. The summed E-state index contributed by atoms with van der Waals surface area (Å²) in [6, 6.07) is 1.35. The summed E-state index contributed by atoms with van der Waals surface area (Å²) in [7, 11) is 0. The maximum Gasteiger partial charge on any atom is 0.147 e. The van der Waals surface area contributed by atoms with Gasteiger partial charge in [-0.1, -0.05) is 26.7 Å². The Balaban J connectivity index is 1.49. The van der Waals surface area contributed by atoms with E-state index in [0.29, 0.717) is 12.1 Å². The summed E-state index contributed by atoms with van der Waals surface area (Å²) in [5.74, 6) is 2.89. The molecule has 4 heteroatoms. The van der Waals surface area contributed by atoms with E-state index in [2.05, 4.69) is 33.9 Å². The molecule has 3 rings (SSSR count). The fourth-order valence-corrected chi connectivity index (χ4v) is 3.49. The van der Waals surface area contributed by atoms with Gasteiger partial charge >= 0.3 is 0 Å². The summed E-state index contributed by atoms with van der Waals surface area (Å²) in [5.41, 5.74) is 0. The molecule has 0 aromatic carbocycles. The molecule has 1 aromatic heterocycles. The highest BCUT2D eigenvalue weighted by Crippen LogP contribution is 2.35. The Hall–Kier alpha value is -0.900. The van der Waals surface area contributed by atoms with Crippen molar-refractivity contribution in [3.05, 3.63) is 12.2 Å². The summed E-state index contributed by atoms with van der Waals surface area (Å²) in [6.45, 7) is 5.63. The van der Waals surface area contributed by atoms with Gasteiger partial charge in [-0.25, -0.2) is 0 Å². The quantitative estimate of drug-likeness (QED) is 0.839. The van der Waals surface area contributed by atoms with Crippen molar-refractivity contribution in [3.63, 3.8) is 0 Å². The van der Waals surface area contributed by atoms with Crippen LogP contribution in [0.3, 0.4) is 0 Å². The predicted molar refractivity (Wildman–Crippen MR) is 80.3 cm³/mol. The van der Waals surface area contributed by atoms with E-state index in [9.17, 15) is 0 Å². The minimum Gasteiger partial charge on any atom is -0.313 e. The van der Waals surface area contributed by atoms with Gasteiger partial charge in [0.05, 0.1) is 6.54 Å². The van der Waals surface area contributed by atoms with Gasteiger partial charge in [-0.3, -0.25) is 0 Å². The molecule has 2 fully saturated rings. The minimum atomic E-state index is 0.670. The first-order valence-corrected chi connectivity index (χ1v) is 8.36. The fourth-order valence-electron chi connectivity index (χ4n) is 3.49.